The van der Waals surface area contributed by atoms with Crippen molar-refractivity contribution in [3.05, 3.63) is 25.9 Å². The van der Waals surface area contributed by atoms with Crippen LogP contribution in [0.2, 0.25) is 0 Å². The van der Waals surface area contributed by atoms with E-state index in [4.69, 9.17) is 0 Å². The number of hydrogen-bond donors (Lipinski definition) is 2. The van der Waals surface area contributed by atoms with Gasteiger partial charge in [0.05, 0.1) is 14.7 Å². The van der Waals surface area contributed by atoms with Gasteiger partial charge in [0.1, 0.15) is 0 Å². The number of carbonyl (C=O) groups excluding carboxylic acids is 1. The SMILES string of the molecule is Cc1sc(C(=O)NCCC2CCCNC2)cc1[N+](=O)[O-]. The van der Waals surface area contributed by atoms with Crippen molar-refractivity contribution >= 4 is 22.9 Å². The molecule has 1 amide bonds. The molecular weight excluding hydrogens is 278 g/mol. The number of hydrogen-bond acceptors (Lipinski definition) is 5. The van der Waals surface area contributed by atoms with Gasteiger partial charge < -0.3 is 10.6 Å². The molecule has 6 nitrogen and oxygen atoms in total. The average molecular weight is 297 g/mol. The highest BCUT2D eigenvalue weighted by molar-refractivity contribution is 7.14. The summed E-state index contributed by atoms with van der Waals surface area (Å²) in [6.45, 7) is 4.38. The minimum absolute atomic E-state index is 0.0247. The minimum atomic E-state index is -0.448. The van der Waals surface area contributed by atoms with Gasteiger partial charge in [0.2, 0.25) is 0 Å². The van der Waals surface area contributed by atoms with E-state index in [2.05, 4.69) is 10.6 Å². The molecule has 0 radical (unpaired) electrons. The van der Waals surface area contributed by atoms with Crippen molar-refractivity contribution in [1.29, 1.82) is 0 Å². The lowest BCUT2D eigenvalue weighted by Gasteiger charge is -2.22. The molecule has 1 aliphatic rings. The Labute approximate surface area is 121 Å². The molecule has 1 saturated heterocycles. The molecule has 1 fully saturated rings. The number of thiophene rings is 1. The van der Waals surface area contributed by atoms with Crippen LogP contribution in [0.15, 0.2) is 6.07 Å². The Bertz CT molecular complexity index is 495. The first-order chi connectivity index (χ1) is 9.58. The van der Waals surface area contributed by atoms with Crippen LogP contribution in [0.5, 0.6) is 0 Å². The third kappa shape index (κ3) is 3.77. The molecule has 1 atom stereocenters. The summed E-state index contributed by atoms with van der Waals surface area (Å²) >= 11 is 1.17. The lowest BCUT2D eigenvalue weighted by Crippen LogP contribution is -2.33. The first-order valence-electron chi connectivity index (χ1n) is 6.81. The van der Waals surface area contributed by atoms with Gasteiger partial charge in [-0.3, -0.25) is 14.9 Å². The van der Waals surface area contributed by atoms with E-state index >= 15 is 0 Å². The van der Waals surface area contributed by atoms with Gasteiger partial charge >= 0.3 is 0 Å². The van der Waals surface area contributed by atoms with E-state index in [0.29, 0.717) is 22.2 Å². The third-order valence-electron chi connectivity index (χ3n) is 3.55. The summed E-state index contributed by atoms with van der Waals surface area (Å²) in [5, 5.41) is 16.9. The molecule has 20 heavy (non-hydrogen) atoms. The monoisotopic (exact) mass is 297 g/mol. The van der Waals surface area contributed by atoms with Crippen molar-refractivity contribution in [2.45, 2.75) is 26.2 Å². The molecule has 2 N–H and O–H groups in total. The van der Waals surface area contributed by atoms with Crippen LogP contribution in [0.25, 0.3) is 0 Å². The first kappa shape index (κ1) is 14.9. The van der Waals surface area contributed by atoms with Crippen LogP contribution in [0, 0.1) is 23.0 Å². The molecule has 110 valence electrons. The van der Waals surface area contributed by atoms with E-state index < -0.39 is 4.92 Å². The number of nitro groups is 1. The Hall–Kier alpha value is -1.47. The second kappa shape index (κ2) is 6.81. The highest BCUT2D eigenvalue weighted by Crippen LogP contribution is 2.27. The zero-order chi connectivity index (χ0) is 14.5. The molecule has 1 unspecified atom stereocenters. The van der Waals surface area contributed by atoms with Crippen LogP contribution in [0.1, 0.15) is 33.8 Å². The summed E-state index contributed by atoms with van der Waals surface area (Å²) in [4.78, 5) is 23.2. The van der Waals surface area contributed by atoms with Gasteiger partial charge in [-0.1, -0.05) is 0 Å². The van der Waals surface area contributed by atoms with Crippen LogP contribution >= 0.6 is 11.3 Å². The molecule has 7 heteroatoms. The fourth-order valence-corrected chi connectivity index (χ4v) is 3.32. The molecule has 0 bridgehead atoms. The summed E-state index contributed by atoms with van der Waals surface area (Å²) in [6, 6.07) is 1.36. The Balaban J connectivity index is 1.82. The molecule has 1 aromatic heterocycles. The smallest absolute Gasteiger partial charge is 0.283 e. The lowest BCUT2D eigenvalue weighted by atomic mass is 9.96. The molecule has 0 aliphatic carbocycles. The predicted octanol–water partition coefficient (Wildman–Crippen LogP) is 2.08. The molecule has 1 aliphatic heterocycles. The maximum absolute atomic E-state index is 11.9. The second-order valence-electron chi connectivity index (χ2n) is 5.07. The van der Waals surface area contributed by atoms with Gasteiger partial charge in [-0.25, -0.2) is 0 Å². The fraction of sp³-hybridized carbons (Fsp3) is 0.615. The highest BCUT2D eigenvalue weighted by atomic mass is 32.1. The normalized spacial score (nSPS) is 18.8. The zero-order valence-electron chi connectivity index (χ0n) is 11.5. The van der Waals surface area contributed by atoms with E-state index in [1.54, 1.807) is 6.92 Å². The van der Waals surface area contributed by atoms with Gasteiger partial charge in [-0.2, -0.15) is 0 Å². The van der Waals surface area contributed by atoms with Crippen molar-refractivity contribution in [1.82, 2.24) is 10.6 Å². The second-order valence-corrected chi connectivity index (χ2v) is 6.32. The molecular formula is C13H19N3O3S. The minimum Gasteiger partial charge on any atom is -0.351 e. The summed E-state index contributed by atoms with van der Waals surface area (Å²) in [5.74, 6) is 0.401. The largest absolute Gasteiger partial charge is 0.351 e. The molecule has 0 saturated carbocycles. The van der Waals surface area contributed by atoms with Gasteiger partial charge in [0, 0.05) is 12.6 Å². The first-order valence-corrected chi connectivity index (χ1v) is 7.63. The maximum atomic E-state index is 11.9. The van der Waals surface area contributed by atoms with E-state index in [-0.39, 0.29) is 11.6 Å². The summed E-state index contributed by atoms with van der Waals surface area (Å²) < 4.78 is 0. The van der Waals surface area contributed by atoms with Crippen molar-refractivity contribution in [3.63, 3.8) is 0 Å². The Morgan fingerprint density at radius 3 is 3.05 bits per heavy atom. The lowest BCUT2D eigenvalue weighted by molar-refractivity contribution is -0.385. The number of nitrogens with one attached hydrogen (secondary N) is 2. The molecule has 0 aromatic carbocycles. The number of piperidine rings is 1. The Morgan fingerprint density at radius 1 is 1.65 bits per heavy atom. The Kier molecular flexibility index (Phi) is 5.08. The zero-order valence-corrected chi connectivity index (χ0v) is 12.3. The molecule has 0 spiro atoms. The molecule has 1 aromatic rings. The predicted molar refractivity (Wildman–Crippen MR) is 78.3 cm³/mol. The van der Waals surface area contributed by atoms with Gasteiger partial charge in [0.15, 0.2) is 0 Å². The fourth-order valence-electron chi connectivity index (χ4n) is 2.41. The van der Waals surface area contributed by atoms with Crippen molar-refractivity contribution in [2.24, 2.45) is 5.92 Å². The number of nitrogens with zero attached hydrogens (tertiary/aromatic N) is 1. The van der Waals surface area contributed by atoms with Gasteiger partial charge in [-0.15, -0.1) is 11.3 Å². The van der Waals surface area contributed by atoms with Crippen LogP contribution < -0.4 is 10.6 Å². The van der Waals surface area contributed by atoms with E-state index in [0.717, 1.165) is 19.5 Å². The summed E-state index contributed by atoms with van der Waals surface area (Å²) in [5.41, 5.74) is 0.0247. The third-order valence-corrected chi connectivity index (χ3v) is 4.59. The van der Waals surface area contributed by atoms with Gasteiger partial charge in [0.25, 0.3) is 11.6 Å². The van der Waals surface area contributed by atoms with Crippen molar-refractivity contribution < 1.29 is 9.72 Å². The van der Waals surface area contributed by atoms with Crippen LogP contribution in [0.4, 0.5) is 5.69 Å². The molecule has 2 heterocycles. The number of amides is 1. The van der Waals surface area contributed by atoms with Gasteiger partial charge in [-0.05, 0) is 45.2 Å². The molecule has 2 rings (SSSR count). The van der Waals surface area contributed by atoms with E-state index in [1.165, 1.54) is 30.2 Å². The number of aryl methyl sites for hydroxylation is 1. The quantitative estimate of drug-likeness (QED) is 0.644. The topological polar surface area (TPSA) is 84.3 Å². The summed E-state index contributed by atoms with van der Waals surface area (Å²) in [6.07, 6.45) is 3.34. The van der Waals surface area contributed by atoms with Crippen LogP contribution in [0.3, 0.4) is 0 Å². The van der Waals surface area contributed by atoms with Crippen molar-refractivity contribution in [2.75, 3.05) is 19.6 Å². The standard InChI is InChI=1S/C13H19N3O3S/c1-9-11(16(18)19)7-12(20-9)13(17)15-6-4-10-3-2-5-14-8-10/h7,10,14H,2-6,8H2,1H3,(H,15,17). The van der Waals surface area contributed by atoms with Crippen molar-refractivity contribution in [3.8, 4) is 0 Å². The average Bonchev–Trinajstić information content (AvgIpc) is 2.82. The Morgan fingerprint density at radius 2 is 2.45 bits per heavy atom. The van der Waals surface area contributed by atoms with E-state index in [9.17, 15) is 14.9 Å². The maximum Gasteiger partial charge on any atom is 0.283 e. The van der Waals surface area contributed by atoms with E-state index in [1.807, 2.05) is 0 Å². The van der Waals surface area contributed by atoms with Crippen LogP contribution in [-0.4, -0.2) is 30.5 Å². The number of carbonyl (C=O) groups is 1. The van der Waals surface area contributed by atoms with Crippen LogP contribution in [-0.2, 0) is 0 Å². The number of rotatable bonds is 5. The summed E-state index contributed by atoms with van der Waals surface area (Å²) in [7, 11) is 0. The highest BCUT2D eigenvalue weighted by Gasteiger charge is 2.19.